The number of pyridine rings is 1. The molecule has 0 atom stereocenters. The van der Waals surface area contributed by atoms with E-state index in [-0.39, 0.29) is 5.91 Å². The first-order chi connectivity index (χ1) is 11.7. The molecule has 0 spiro atoms. The maximum atomic E-state index is 12.3. The summed E-state index contributed by atoms with van der Waals surface area (Å²) in [6.45, 7) is 1.98. The Morgan fingerprint density at radius 3 is 2.12 bits per heavy atom. The number of hydrogen-bond acceptors (Lipinski definition) is 3. The number of amides is 1. The lowest BCUT2D eigenvalue weighted by atomic mass is 10.0. The minimum Gasteiger partial charge on any atom is -0.267 e. The molecule has 0 bridgehead atoms. The molecule has 4 heteroatoms. The summed E-state index contributed by atoms with van der Waals surface area (Å²) in [5, 5.41) is 4.35. The zero-order valence-corrected chi connectivity index (χ0v) is 13.3. The number of rotatable bonds is 4. The highest BCUT2D eigenvalue weighted by Gasteiger charge is 2.09. The van der Waals surface area contributed by atoms with Gasteiger partial charge in [-0.05, 0) is 31.2 Å². The Morgan fingerprint density at radius 1 is 0.833 bits per heavy atom. The van der Waals surface area contributed by atoms with Crippen LogP contribution in [-0.2, 0) is 0 Å². The van der Waals surface area contributed by atoms with Crippen LogP contribution in [-0.4, -0.2) is 16.6 Å². The van der Waals surface area contributed by atoms with E-state index in [1.165, 1.54) is 0 Å². The molecule has 0 unspecified atom stereocenters. The number of nitrogens with zero attached hydrogens (tertiary/aromatic N) is 2. The Kier molecular flexibility index (Phi) is 4.77. The smallest absolute Gasteiger partial charge is 0.267 e. The largest absolute Gasteiger partial charge is 0.271 e. The highest BCUT2D eigenvalue weighted by molar-refractivity contribution is 6.13. The molecule has 118 valence electrons. The molecule has 0 radical (unpaired) electrons. The van der Waals surface area contributed by atoms with E-state index in [0.717, 1.165) is 16.7 Å². The van der Waals surface area contributed by atoms with Gasteiger partial charge in [0.1, 0.15) is 0 Å². The average molecular weight is 315 g/mol. The molecular formula is C20H17N3O. The van der Waals surface area contributed by atoms with Gasteiger partial charge in [0.15, 0.2) is 0 Å². The molecule has 4 nitrogen and oxygen atoms in total. The molecular weight excluding hydrogens is 298 g/mol. The van der Waals surface area contributed by atoms with Crippen molar-refractivity contribution >= 4 is 11.6 Å². The minimum absolute atomic E-state index is 0.238. The summed E-state index contributed by atoms with van der Waals surface area (Å²) in [5.41, 5.74) is 6.83. The molecule has 0 aliphatic rings. The van der Waals surface area contributed by atoms with Gasteiger partial charge in [-0.2, -0.15) is 5.10 Å². The number of carbonyl (C=O) groups excluding carboxylic acids is 1. The summed E-state index contributed by atoms with van der Waals surface area (Å²) >= 11 is 0. The third kappa shape index (κ3) is 3.73. The maximum absolute atomic E-state index is 12.3. The van der Waals surface area contributed by atoms with Crippen LogP contribution in [0.25, 0.3) is 0 Å². The average Bonchev–Trinajstić information content (AvgIpc) is 2.64. The molecule has 1 N–H and O–H groups in total. The molecule has 0 saturated carbocycles. The second-order valence-electron chi connectivity index (χ2n) is 5.37. The number of carbonyl (C=O) groups is 1. The van der Waals surface area contributed by atoms with E-state index in [4.69, 9.17) is 0 Å². The third-order valence-electron chi connectivity index (χ3n) is 3.58. The summed E-state index contributed by atoms with van der Waals surface area (Å²) < 4.78 is 0. The van der Waals surface area contributed by atoms with Crippen molar-refractivity contribution in [1.82, 2.24) is 10.4 Å². The zero-order valence-electron chi connectivity index (χ0n) is 13.3. The first-order valence-electron chi connectivity index (χ1n) is 7.64. The van der Waals surface area contributed by atoms with Gasteiger partial charge in [-0.1, -0.05) is 48.0 Å². The van der Waals surface area contributed by atoms with Crippen LogP contribution in [0.1, 0.15) is 27.0 Å². The summed E-state index contributed by atoms with van der Waals surface area (Å²) in [6, 6.07) is 20.8. The van der Waals surface area contributed by atoms with Crippen LogP contribution in [0.3, 0.4) is 0 Å². The molecule has 24 heavy (non-hydrogen) atoms. The van der Waals surface area contributed by atoms with E-state index < -0.39 is 0 Å². The fraction of sp³-hybridized carbons (Fsp3) is 0.0500. The Balaban J connectivity index is 1.90. The van der Waals surface area contributed by atoms with E-state index in [2.05, 4.69) is 15.5 Å². The van der Waals surface area contributed by atoms with Crippen LogP contribution >= 0.6 is 0 Å². The molecule has 1 heterocycles. The second kappa shape index (κ2) is 7.33. The Bertz CT molecular complexity index is 800. The molecule has 0 aliphatic heterocycles. The van der Waals surface area contributed by atoms with E-state index in [1.54, 1.807) is 24.5 Å². The van der Waals surface area contributed by atoms with Gasteiger partial charge in [-0.3, -0.25) is 9.78 Å². The monoisotopic (exact) mass is 315 g/mol. The standard InChI is InChI=1S/C20H17N3O/c1-15-7-9-18(10-8-15)20(24)23-22-19(16-5-3-2-4-6-16)17-11-13-21-14-12-17/h2-14H,1H3,(H,23,24). The predicted molar refractivity (Wildman–Crippen MR) is 95.0 cm³/mol. The molecule has 1 aromatic heterocycles. The number of aryl methyl sites for hydroxylation is 1. The van der Waals surface area contributed by atoms with Crippen LogP contribution in [0.5, 0.6) is 0 Å². The predicted octanol–water partition coefficient (Wildman–Crippen LogP) is 3.57. The van der Waals surface area contributed by atoms with Crippen molar-refractivity contribution in [2.45, 2.75) is 6.92 Å². The van der Waals surface area contributed by atoms with Crippen molar-refractivity contribution in [3.05, 3.63) is 101 Å². The van der Waals surface area contributed by atoms with Crippen molar-refractivity contribution in [3.63, 3.8) is 0 Å². The van der Waals surface area contributed by atoms with Gasteiger partial charge in [0.25, 0.3) is 5.91 Å². The molecule has 1 amide bonds. The van der Waals surface area contributed by atoms with Crippen molar-refractivity contribution in [1.29, 1.82) is 0 Å². The number of hydrazone groups is 1. The van der Waals surface area contributed by atoms with Crippen LogP contribution in [0, 0.1) is 6.92 Å². The van der Waals surface area contributed by atoms with Gasteiger partial charge in [-0.25, -0.2) is 5.43 Å². The molecule has 0 fully saturated rings. The SMILES string of the molecule is Cc1ccc(C(=O)NN=C(c2ccccc2)c2ccncc2)cc1. The summed E-state index contributed by atoms with van der Waals surface area (Å²) in [6.07, 6.45) is 3.41. The minimum atomic E-state index is -0.238. The second-order valence-corrected chi connectivity index (χ2v) is 5.37. The number of nitrogens with one attached hydrogen (secondary N) is 1. The normalized spacial score (nSPS) is 11.1. The highest BCUT2D eigenvalue weighted by Crippen LogP contribution is 2.10. The van der Waals surface area contributed by atoms with E-state index in [0.29, 0.717) is 11.3 Å². The van der Waals surface area contributed by atoms with Crippen LogP contribution in [0.2, 0.25) is 0 Å². The van der Waals surface area contributed by atoms with Gasteiger partial charge in [-0.15, -0.1) is 0 Å². The molecule has 0 aliphatic carbocycles. The number of hydrogen-bond donors (Lipinski definition) is 1. The third-order valence-corrected chi connectivity index (χ3v) is 3.58. The van der Waals surface area contributed by atoms with Gasteiger partial charge in [0.2, 0.25) is 0 Å². The maximum Gasteiger partial charge on any atom is 0.271 e. The lowest BCUT2D eigenvalue weighted by Gasteiger charge is -2.08. The first-order valence-corrected chi connectivity index (χ1v) is 7.64. The van der Waals surface area contributed by atoms with E-state index >= 15 is 0 Å². The first kappa shape index (κ1) is 15.6. The summed E-state index contributed by atoms with van der Waals surface area (Å²) in [5.74, 6) is -0.238. The Morgan fingerprint density at radius 2 is 1.46 bits per heavy atom. The lowest BCUT2D eigenvalue weighted by Crippen LogP contribution is -2.20. The van der Waals surface area contributed by atoms with E-state index in [9.17, 15) is 4.79 Å². The molecule has 0 saturated heterocycles. The van der Waals surface area contributed by atoms with Crippen molar-refractivity contribution in [2.24, 2.45) is 5.10 Å². The highest BCUT2D eigenvalue weighted by atomic mass is 16.2. The lowest BCUT2D eigenvalue weighted by molar-refractivity contribution is 0.0955. The molecule has 3 aromatic rings. The Labute approximate surface area is 140 Å². The van der Waals surface area contributed by atoms with Crippen molar-refractivity contribution in [3.8, 4) is 0 Å². The summed E-state index contributed by atoms with van der Waals surface area (Å²) in [4.78, 5) is 16.3. The zero-order chi connectivity index (χ0) is 16.8. The van der Waals surface area contributed by atoms with Crippen LogP contribution < -0.4 is 5.43 Å². The van der Waals surface area contributed by atoms with Gasteiger partial charge in [0.05, 0.1) is 5.71 Å². The van der Waals surface area contributed by atoms with Crippen molar-refractivity contribution in [2.75, 3.05) is 0 Å². The van der Waals surface area contributed by atoms with Gasteiger partial charge in [0, 0.05) is 29.1 Å². The fourth-order valence-electron chi connectivity index (χ4n) is 2.28. The Hall–Kier alpha value is -3.27. The number of aromatic nitrogens is 1. The van der Waals surface area contributed by atoms with E-state index in [1.807, 2.05) is 61.5 Å². The molecule has 3 rings (SSSR count). The van der Waals surface area contributed by atoms with Gasteiger partial charge < -0.3 is 0 Å². The fourth-order valence-corrected chi connectivity index (χ4v) is 2.28. The number of benzene rings is 2. The topological polar surface area (TPSA) is 54.4 Å². The summed E-state index contributed by atoms with van der Waals surface area (Å²) in [7, 11) is 0. The van der Waals surface area contributed by atoms with Gasteiger partial charge >= 0.3 is 0 Å². The van der Waals surface area contributed by atoms with Crippen LogP contribution in [0.15, 0.2) is 84.2 Å². The van der Waals surface area contributed by atoms with Crippen LogP contribution in [0.4, 0.5) is 0 Å². The molecule has 2 aromatic carbocycles. The quantitative estimate of drug-likeness (QED) is 0.591. The van der Waals surface area contributed by atoms with Crippen molar-refractivity contribution < 1.29 is 4.79 Å².